The van der Waals surface area contributed by atoms with Gasteiger partial charge in [-0.2, -0.15) is 0 Å². The number of aryl methyl sites for hydroxylation is 1. The summed E-state index contributed by atoms with van der Waals surface area (Å²) in [4.78, 5) is 11.1. The first-order chi connectivity index (χ1) is 8.63. The average molecular weight is 262 g/mol. The molecule has 0 unspecified atom stereocenters. The minimum absolute atomic E-state index is 0.127. The Balaban J connectivity index is 1.86. The molecule has 0 amide bonds. The Morgan fingerprint density at radius 1 is 1.39 bits per heavy atom. The number of hydrogen-bond acceptors (Lipinski definition) is 5. The maximum absolute atomic E-state index is 10.6. The standard InChI is InChI=1S/C12H10N2O3S/c1-7-2-3-8-9(6-7)17-12(13-8)10-4-5-11(18-10)14(15)16/h2-6,12-13H,1H3/t12-/m0/s1. The molecule has 5 nitrogen and oxygen atoms in total. The van der Waals surface area contributed by atoms with Crippen LogP contribution in [0.2, 0.25) is 0 Å². The van der Waals surface area contributed by atoms with Gasteiger partial charge in [0.1, 0.15) is 5.75 Å². The van der Waals surface area contributed by atoms with Crippen molar-refractivity contribution in [3.8, 4) is 5.75 Å². The topological polar surface area (TPSA) is 64.4 Å². The van der Waals surface area contributed by atoms with Crippen molar-refractivity contribution in [3.63, 3.8) is 0 Å². The SMILES string of the molecule is Cc1ccc2c(c1)O[C@@H](c1ccc([N+](=O)[O-])s1)N2. The van der Waals surface area contributed by atoms with Gasteiger partial charge in [0, 0.05) is 6.07 Å². The number of ether oxygens (including phenoxy) is 1. The van der Waals surface area contributed by atoms with E-state index in [2.05, 4.69) is 5.32 Å². The number of fused-ring (bicyclic) bond motifs is 1. The van der Waals surface area contributed by atoms with Gasteiger partial charge in [-0.05, 0) is 30.7 Å². The normalized spacial score (nSPS) is 16.8. The van der Waals surface area contributed by atoms with Gasteiger partial charge in [0.05, 0.1) is 15.5 Å². The van der Waals surface area contributed by atoms with Crippen LogP contribution in [0.3, 0.4) is 0 Å². The van der Waals surface area contributed by atoms with Gasteiger partial charge in [-0.25, -0.2) is 0 Å². The number of benzene rings is 1. The quantitative estimate of drug-likeness (QED) is 0.664. The van der Waals surface area contributed by atoms with Crippen molar-refractivity contribution in [2.75, 3.05) is 5.32 Å². The van der Waals surface area contributed by atoms with Crippen molar-refractivity contribution >= 4 is 22.0 Å². The molecule has 0 spiro atoms. The monoisotopic (exact) mass is 262 g/mol. The van der Waals surface area contributed by atoms with Crippen molar-refractivity contribution in [1.82, 2.24) is 0 Å². The molecule has 0 radical (unpaired) electrons. The van der Waals surface area contributed by atoms with Crippen LogP contribution in [0.5, 0.6) is 5.75 Å². The summed E-state index contributed by atoms with van der Waals surface area (Å²) in [5.41, 5.74) is 2.04. The van der Waals surface area contributed by atoms with Crippen molar-refractivity contribution in [2.24, 2.45) is 0 Å². The minimum Gasteiger partial charge on any atom is -0.463 e. The molecule has 0 aliphatic carbocycles. The Bertz CT molecular complexity index is 624. The highest BCUT2D eigenvalue weighted by Gasteiger charge is 2.26. The summed E-state index contributed by atoms with van der Waals surface area (Å²) in [5.74, 6) is 0.788. The summed E-state index contributed by atoms with van der Waals surface area (Å²) in [6, 6.07) is 9.12. The van der Waals surface area contributed by atoms with Crippen LogP contribution in [0.4, 0.5) is 10.7 Å². The Morgan fingerprint density at radius 3 is 2.94 bits per heavy atom. The fourth-order valence-electron chi connectivity index (χ4n) is 1.85. The zero-order chi connectivity index (χ0) is 12.7. The van der Waals surface area contributed by atoms with Gasteiger partial charge in [0.25, 0.3) is 0 Å². The van der Waals surface area contributed by atoms with Crippen LogP contribution in [-0.2, 0) is 0 Å². The van der Waals surface area contributed by atoms with Gasteiger partial charge >= 0.3 is 5.00 Å². The molecule has 0 fully saturated rings. The number of nitrogens with zero attached hydrogens (tertiary/aromatic N) is 1. The van der Waals surface area contributed by atoms with Gasteiger partial charge in [0.15, 0.2) is 0 Å². The molecule has 18 heavy (non-hydrogen) atoms. The van der Waals surface area contributed by atoms with Crippen molar-refractivity contribution in [1.29, 1.82) is 0 Å². The smallest absolute Gasteiger partial charge is 0.324 e. The largest absolute Gasteiger partial charge is 0.463 e. The summed E-state index contributed by atoms with van der Waals surface area (Å²) < 4.78 is 5.74. The molecule has 3 rings (SSSR count). The van der Waals surface area contributed by atoms with Crippen LogP contribution < -0.4 is 10.1 Å². The Hall–Kier alpha value is -2.08. The lowest BCUT2D eigenvalue weighted by atomic mass is 10.2. The molecule has 1 aromatic carbocycles. The van der Waals surface area contributed by atoms with Crippen LogP contribution in [0.15, 0.2) is 30.3 Å². The van der Waals surface area contributed by atoms with E-state index >= 15 is 0 Å². The van der Waals surface area contributed by atoms with Crippen LogP contribution in [0.25, 0.3) is 0 Å². The van der Waals surface area contributed by atoms with Gasteiger partial charge in [-0.1, -0.05) is 17.4 Å². The van der Waals surface area contributed by atoms with Crippen molar-refractivity contribution < 1.29 is 9.66 Å². The average Bonchev–Trinajstić information content (AvgIpc) is 2.93. The van der Waals surface area contributed by atoms with E-state index in [0.29, 0.717) is 0 Å². The first kappa shape index (κ1) is 11.0. The Kier molecular flexibility index (Phi) is 2.45. The first-order valence-corrected chi connectivity index (χ1v) is 6.23. The maximum atomic E-state index is 10.6. The van der Waals surface area contributed by atoms with E-state index in [4.69, 9.17) is 4.74 Å². The van der Waals surface area contributed by atoms with Gasteiger partial charge < -0.3 is 10.1 Å². The Labute approximate surface area is 107 Å². The fraction of sp³-hybridized carbons (Fsp3) is 0.167. The molecule has 1 atom stereocenters. The molecule has 2 heterocycles. The second-order valence-electron chi connectivity index (χ2n) is 4.07. The third kappa shape index (κ3) is 1.80. The zero-order valence-electron chi connectivity index (χ0n) is 9.54. The molecule has 92 valence electrons. The minimum atomic E-state index is -0.388. The lowest BCUT2D eigenvalue weighted by Crippen LogP contribution is -2.07. The summed E-state index contributed by atoms with van der Waals surface area (Å²) in [6.07, 6.45) is -0.333. The highest BCUT2D eigenvalue weighted by molar-refractivity contribution is 7.15. The molecule has 0 saturated carbocycles. The lowest BCUT2D eigenvalue weighted by Gasteiger charge is -2.07. The van der Waals surface area contributed by atoms with Crippen LogP contribution >= 0.6 is 11.3 Å². The predicted octanol–water partition coefficient (Wildman–Crippen LogP) is 3.47. The first-order valence-electron chi connectivity index (χ1n) is 5.41. The molecular formula is C12H10N2O3S. The molecule has 0 saturated heterocycles. The van der Waals surface area contributed by atoms with Gasteiger partial charge in [-0.15, -0.1) is 0 Å². The van der Waals surface area contributed by atoms with Crippen molar-refractivity contribution in [3.05, 3.63) is 50.9 Å². The van der Waals surface area contributed by atoms with E-state index in [1.807, 2.05) is 25.1 Å². The predicted molar refractivity (Wildman–Crippen MR) is 69.1 cm³/mol. The summed E-state index contributed by atoms with van der Waals surface area (Å²) in [6.45, 7) is 1.99. The second kappa shape index (κ2) is 3.99. The summed E-state index contributed by atoms with van der Waals surface area (Å²) >= 11 is 1.13. The van der Waals surface area contributed by atoms with Crippen LogP contribution in [-0.4, -0.2) is 4.92 Å². The lowest BCUT2D eigenvalue weighted by molar-refractivity contribution is -0.380. The van der Waals surface area contributed by atoms with Crippen molar-refractivity contribution in [2.45, 2.75) is 13.2 Å². The molecule has 1 N–H and O–H groups in total. The number of hydrogen-bond donors (Lipinski definition) is 1. The molecule has 1 aliphatic heterocycles. The maximum Gasteiger partial charge on any atom is 0.324 e. The number of nitrogens with one attached hydrogen (secondary N) is 1. The molecule has 0 bridgehead atoms. The number of thiophene rings is 1. The van der Waals surface area contributed by atoms with E-state index in [0.717, 1.165) is 33.2 Å². The van der Waals surface area contributed by atoms with Gasteiger partial charge in [-0.3, -0.25) is 10.1 Å². The number of anilines is 1. The molecule has 2 aromatic rings. The third-order valence-corrected chi connectivity index (χ3v) is 3.80. The van der Waals surface area contributed by atoms with E-state index in [9.17, 15) is 10.1 Å². The van der Waals surface area contributed by atoms with E-state index in [-0.39, 0.29) is 16.2 Å². The highest BCUT2D eigenvalue weighted by Crippen LogP contribution is 2.41. The van der Waals surface area contributed by atoms with Gasteiger partial charge in [0.2, 0.25) is 6.23 Å². The van der Waals surface area contributed by atoms with Crippen LogP contribution in [0.1, 0.15) is 16.7 Å². The second-order valence-corrected chi connectivity index (χ2v) is 5.17. The van der Waals surface area contributed by atoms with E-state index < -0.39 is 0 Å². The van der Waals surface area contributed by atoms with E-state index in [1.165, 1.54) is 6.07 Å². The number of rotatable bonds is 2. The molecule has 1 aromatic heterocycles. The van der Waals surface area contributed by atoms with E-state index in [1.54, 1.807) is 6.07 Å². The number of nitro groups is 1. The molecular weight excluding hydrogens is 252 g/mol. The van der Waals surface area contributed by atoms with Crippen LogP contribution in [0, 0.1) is 17.0 Å². The fourth-order valence-corrected chi connectivity index (χ4v) is 2.66. The molecule has 6 heteroatoms. The summed E-state index contributed by atoms with van der Waals surface area (Å²) in [7, 11) is 0. The third-order valence-electron chi connectivity index (χ3n) is 2.72. The summed E-state index contributed by atoms with van der Waals surface area (Å²) in [5, 5.41) is 14.0. The Morgan fingerprint density at radius 2 is 2.22 bits per heavy atom. The highest BCUT2D eigenvalue weighted by atomic mass is 32.1. The zero-order valence-corrected chi connectivity index (χ0v) is 10.4. The molecule has 1 aliphatic rings.